The molecule has 7 heteroatoms. The molecular weight excluding hydrogens is 430 g/mol. The van der Waals surface area contributed by atoms with Crippen molar-refractivity contribution < 1.29 is 9.53 Å². The molecule has 0 aliphatic carbocycles. The number of benzene rings is 1. The molecule has 3 rings (SSSR count). The molecular formula is C20H19BrClN3O2. The van der Waals surface area contributed by atoms with E-state index in [9.17, 15) is 4.79 Å². The number of halogens is 2. The number of hydrogen-bond acceptors (Lipinski definition) is 4. The predicted molar refractivity (Wildman–Crippen MR) is 112 cm³/mol. The fraction of sp³-hybridized carbons (Fsp3) is 0.250. The molecule has 0 bridgehead atoms. The number of carbonyl (C=O) groups excluding carboxylic acids is 1. The van der Waals surface area contributed by atoms with Crippen LogP contribution in [0.4, 0.5) is 10.6 Å². The van der Waals surface area contributed by atoms with Gasteiger partial charge < -0.3 is 4.74 Å². The van der Waals surface area contributed by atoms with Crippen LogP contribution in [0, 0.1) is 0 Å². The third kappa shape index (κ3) is 4.57. The summed E-state index contributed by atoms with van der Waals surface area (Å²) < 4.78 is 6.29. The molecule has 0 saturated heterocycles. The van der Waals surface area contributed by atoms with E-state index in [4.69, 9.17) is 16.3 Å². The molecule has 3 aromatic rings. The Morgan fingerprint density at radius 3 is 2.56 bits per heavy atom. The maximum Gasteiger partial charge on any atom is 0.415 e. The molecule has 0 aliphatic heterocycles. The summed E-state index contributed by atoms with van der Waals surface area (Å²) in [4.78, 5) is 22.6. The third-order valence-electron chi connectivity index (χ3n) is 3.78. The summed E-state index contributed by atoms with van der Waals surface area (Å²) in [5.41, 5.74) is 1.75. The number of amides is 1. The van der Waals surface area contributed by atoms with Gasteiger partial charge in [-0.05, 0) is 51.1 Å². The summed E-state index contributed by atoms with van der Waals surface area (Å²) in [7, 11) is 1.62. The highest BCUT2D eigenvalue weighted by Crippen LogP contribution is 2.30. The van der Waals surface area contributed by atoms with Crippen molar-refractivity contribution in [1.29, 1.82) is 0 Å². The maximum absolute atomic E-state index is 12.2. The van der Waals surface area contributed by atoms with Crippen molar-refractivity contribution in [3.63, 3.8) is 0 Å². The van der Waals surface area contributed by atoms with Gasteiger partial charge in [-0.25, -0.2) is 14.8 Å². The van der Waals surface area contributed by atoms with E-state index in [2.05, 4.69) is 25.9 Å². The van der Waals surface area contributed by atoms with Crippen LogP contribution in [-0.2, 0) is 4.74 Å². The van der Waals surface area contributed by atoms with Gasteiger partial charge in [0.1, 0.15) is 11.4 Å². The van der Waals surface area contributed by atoms with Crippen LogP contribution in [0.2, 0.25) is 5.02 Å². The van der Waals surface area contributed by atoms with Crippen LogP contribution in [0.5, 0.6) is 0 Å². The van der Waals surface area contributed by atoms with E-state index < -0.39 is 11.7 Å². The molecule has 0 N–H and O–H groups in total. The first-order valence-corrected chi connectivity index (χ1v) is 9.50. The molecule has 0 radical (unpaired) electrons. The highest BCUT2D eigenvalue weighted by molar-refractivity contribution is 9.10. The van der Waals surface area contributed by atoms with E-state index in [1.54, 1.807) is 19.3 Å². The lowest BCUT2D eigenvalue weighted by molar-refractivity contribution is 0.0588. The zero-order chi connectivity index (χ0) is 19.8. The van der Waals surface area contributed by atoms with Crippen LogP contribution in [0.1, 0.15) is 20.8 Å². The van der Waals surface area contributed by atoms with Gasteiger partial charge in [0.25, 0.3) is 0 Å². The fourth-order valence-corrected chi connectivity index (χ4v) is 3.08. The van der Waals surface area contributed by atoms with Gasteiger partial charge in [-0.2, -0.15) is 0 Å². The van der Waals surface area contributed by atoms with Crippen molar-refractivity contribution in [3.05, 3.63) is 52.1 Å². The Morgan fingerprint density at radius 2 is 1.93 bits per heavy atom. The van der Waals surface area contributed by atoms with E-state index in [-0.39, 0.29) is 0 Å². The number of ether oxygens (including phenoxy) is 1. The largest absolute Gasteiger partial charge is 0.443 e. The van der Waals surface area contributed by atoms with Crippen molar-refractivity contribution in [2.24, 2.45) is 0 Å². The van der Waals surface area contributed by atoms with Crippen molar-refractivity contribution in [1.82, 2.24) is 9.97 Å². The molecule has 0 unspecified atom stereocenters. The Morgan fingerprint density at radius 1 is 1.19 bits per heavy atom. The first-order chi connectivity index (χ1) is 12.6. The minimum atomic E-state index is -0.564. The van der Waals surface area contributed by atoms with Crippen molar-refractivity contribution in [2.75, 3.05) is 11.9 Å². The lowest BCUT2D eigenvalue weighted by Gasteiger charge is -2.24. The zero-order valence-corrected chi connectivity index (χ0v) is 17.8. The highest BCUT2D eigenvalue weighted by atomic mass is 79.9. The van der Waals surface area contributed by atoms with Crippen LogP contribution in [0.15, 0.2) is 47.1 Å². The van der Waals surface area contributed by atoms with Crippen LogP contribution in [0.3, 0.4) is 0 Å². The average molecular weight is 449 g/mol. The summed E-state index contributed by atoms with van der Waals surface area (Å²) in [6, 6.07) is 11.2. The smallest absolute Gasteiger partial charge is 0.415 e. The molecule has 1 aromatic carbocycles. The molecule has 0 saturated carbocycles. The monoisotopic (exact) mass is 447 g/mol. The quantitative estimate of drug-likeness (QED) is 0.476. The predicted octanol–water partition coefficient (Wildman–Crippen LogP) is 6.08. The summed E-state index contributed by atoms with van der Waals surface area (Å²) in [6.07, 6.45) is 1.21. The van der Waals surface area contributed by atoms with E-state index in [0.29, 0.717) is 16.5 Å². The first-order valence-electron chi connectivity index (χ1n) is 8.33. The molecule has 2 aromatic heterocycles. The third-order valence-corrected chi connectivity index (χ3v) is 4.58. The summed E-state index contributed by atoms with van der Waals surface area (Å²) in [5, 5.41) is 1.51. The second-order valence-corrected chi connectivity index (χ2v) is 8.42. The molecule has 27 heavy (non-hydrogen) atoms. The number of aromatic nitrogens is 2. The number of pyridine rings is 2. The molecule has 5 nitrogen and oxygen atoms in total. The number of nitrogens with zero attached hydrogens (tertiary/aromatic N) is 3. The summed E-state index contributed by atoms with van der Waals surface area (Å²) >= 11 is 9.86. The Bertz CT molecular complexity index is 1000. The zero-order valence-electron chi connectivity index (χ0n) is 15.5. The second-order valence-electron chi connectivity index (χ2n) is 7.10. The van der Waals surface area contributed by atoms with Gasteiger partial charge in [-0.1, -0.05) is 33.6 Å². The topological polar surface area (TPSA) is 55.3 Å². The Balaban J connectivity index is 1.89. The van der Waals surface area contributed by atoms with Gasteiger partial charge in [-0.15, -0.1) is 0 Å². The highest BCUT2D eigenvalue weighted by Gasteiger charge is 2.21. The van der Waals surface area contributed by atoms with Gasteiger partial charge in [0.05, 0.1) is 16.2 Å². The SMILES string of the molecule is CN(C(=O)OC(C)(C)C)c1ccc(-c2cc(Cl)c3ccc(Br)cc3n2)cn1. The molecule has 0 aliphatic rings. The average Bonchev–Trinajstić information content (AvgIpc) is 2.59. The van der Waals surface area contributed by atoms with Crippen molar-refractivity contribution in [2.45, 2.75) is 26.4 Å². The first kappa shape index (κ1) is 19.6. The molecule has 2 heterocycles. The van der Waals surface area contributed by atoms with Crippen molar-refractivity contribution in [3.8, 4) is 11.3 Å². The van der Waals surface area contributed by atoms with E-state index in [0.717, 1.165) is 20.9 Å². The molecule has 140 valence electrons. The van der Waals surface area contributed by atoms with Crippen LogP contribution < -0.4 is 4.90 Å². The lowest BCUT2D eigenvalue weighted by Crippen LogP contribution is -2.34. The number of rotatable bonds is 2. The minimum Gasteiger partial charge on any atom is -0.443 e. The fourth-order valence-electron chi connectivity index (χ4n) is 2.47. The van der Waals surface area contributed by atoms with E-state index in [1.807, 2.05) is 51.1 Å². The van der Waals surface area contributed by atoms with Gasteiger partial charge in [-0.3, -0.25) is 4.90 Å². The van der Waals surface area contributed by atoms with Crippen LogP contribution in [0.25, 0.3) is 22.2 Å². The number of fused-ring (bicyclic) bond motifs is 1. The van der Waals surface area contributed by atoms with Gasteiger partial charge in [0.2, 0.25) is 0 Å². The van der Waals surface area contributed by atoms with Crippen LogP contribution >= 0.6 is 27.5 Å². The van der Waals surface area contributed by atoms with Crippen LogP contribution in [-0.4, -0.2) is 28.7 Å². The molecule has 0 fully saturated rings. The van der Waals surface area contributed by atoms with Gasteiger partial charge >= 0.3 is 6.09 Å². The van der Waals surface area contributed by atoms with Gasteiger partial charge in [0.15, 0.2) is 0 Å². The Hall–Kier alpha value is -2.18. The maximum atomic E-state index is 12.2. The summed E-state index contributed by atoms with van der Waals surface area (Å²) in [5.74, 6) is 0.489. The number of carbonyl (C=O) groups is 1. The van der Waals surface area contributed by atoms with Gasteiger partial charge in [0, 0.05) is 28.7 Å². The van der Waals surface area contributed by atoms with E-state index in [1.165, 1.54) is 4.90 Å². The molecule has 0 atom stereocenters. The molecule has 1 amide bonds. The second kappa shape index (κ2) is 7.44. The van der Waals surface area contributed by atoms with Crippen molar-refractivity contribution >= 4 is 50.3 Å². The lowest BCUT2D eigenvalue weighted by atomic mass is 10.1. The molecule has 0 spiro atoms. The summed E-state index contributed by atoms with van der Waals surface area (Å²) in [6.45, 7) is 5.47. The van der Waals surface area contributed by atoms with E-state index >= 15 is 0 Å². The Labute approximate surface area is 171 Å². The number of anilines is 1. The minimum absolute atomic E-state index is 0.459. The Kier molecular flexibility index (Phi) is 5.40. The standard InChI is InChI=1S/C20H19BrClN3O2/c1-20(2,3)27-19(26)25(4)18-8-5-12(11-23-18)16-10-15(22)14-7-6-13(21)9-17(14)24-16/h5-11H,1-4H3. The number of hydrogen-bond donors (Lipinski definition) is 0. The normalized spacial score (nSPS) is 11.5.